The zero-order valence-corrected chi connectivity index (χ0v) is 19.1. The molecule has 0 N–H and O–H groups in total. The molecule has 1 saturated heterocycles. The van der Waals surface area contributed by atoms with Crippen molar-refractivity contribution < 1.29 is 8.42 Å². The molecule has 1 aromatic carbocycles. The molecule has 0 spiro atoms. The summed E-state index contributed by atoms with van der Waals surface area (Å²) in [5, 5.41) is 1.75. The Kier molecular flexibility index (Phi) is 5.40. The van der Waals surface area contributed by atoms with E-state index >= 15 is 0 Å². The lowest BCUT2D eigenvalue weighted by molar-refractivity contribution is 0.204. The van der Waals surface area contributed by atoms with Crippen molar-refractivity contribution in [1.82, 2.24) is 13.9 Å². The third-order valence-corrected chi connectivity index (χ3v) is 8.71. The van der Waals surface area contributed by atoms with E-state index in [9.17, 15) is 8.42 Å². The number of hydrogen-bond donors (Lipinski definition) is 0. The van der Waals surface area contributed by atoms with E-state index in [1.807, 2.05) is 24.4 Å². The standard InChI is InChI=1S/C24H26ClN3O2S/c1-17-8-11-27(31(29,30)13-10-18-4-2-5-20(25)14-18)16-23(17)28-12-9-19-15-26-22-7-3-6-21(22)24(19)28/h2-6,9,12,14-15,17,23H,7-8,10-11,13,16H2,1H3/t17-,23+/m1/s1. The SMILES string of the molecule is C[C@@H]1CCN(S(=O)(=O)CCc2cccc(Cl)c2)C[C@@H]1n1ccc2cnc3c(c21)C=CC3. The zero-order chi connectivity index (χ0) is 21.6. The highest BCUT2D eigenvalue weighted by Gasteiger charge is 2.34. The summed E-state index contributed by atoms with van der Waals surface area (Å²) in [6.45, 7) is 3.31. The molecule has 162 valence electrons. The highest BCUT2D eigenvalue weighted by molar-refractivity contribution is 7.89. The highest BCUT2D eigenvalue weighted by Crippen LogP contribution is 2.35. The molecule has 3 aromatic rings. The maximum Gasteiger partial charge on any atom is 0.214 e. The fourth-order valence-electron chi connectivity index (χ4n) is 4.82. The number of aromatic nitrogens is 2. The summed E-state index contributed by atoms with van der Waals surface area (Å²) in [5.74, 6) is 0.493. The van der Waals surface area contributed by atoms with Crippen LogP contribution in [0.25, 0.3) is 17.0 Å². The Bertz CT molecular complexity index is 1270. The highest BCUT2D eigenvalue weighted by atomic mass is 35.5. The summed E-state index contributed by atoms with van der Waals surface area (Å²) >= 11 is 6.05. The van der Waals surface area contributed by atoms with Gasteiger partial charge < -0.3 is 4.57 Å². The van der Waals surface area contributed by atoms with Crippen molar-refractivity contribution >= 4 is 38.6 Å². The minimum atomic E-state index is -3.36. The third-order valence-electron chi connectivity index (χ3n) is 6.64. The second-order valence-corrected chi connectivity index (χ2v) is 11.2. The Labute approximate surface area is 188 Å². The van der Waals surface area contributed by atoms with Gasteiger partial charge in [0.05, 0.1) is 23.0 Å². The van der Waals surface area contributed by atoms with E-state index in [-0.39, 0.29) is 11.8 Å². The number of nitrogens with zero attached hydrogens (tertiary/aromatic N) is 3. The van der Waals surface area contributed by atoms with E-state index in [0.717, 1.165) is 29.5 Å². The monoisotopic (exact) mass is 455 g/mol. The van der Waals surface area contributed by atoms with Gasteiger partial charge >= 0.3 is 0 Å². The minimum absolute atomic E-state index is 0.100. The maximum atomic E-state index is 13.2. The fourth-order valence-corrected chi connectivity index (χ4v) is 6.55. The van der Waals surface area contributed by atoms with Crippen molar-refractivity contribution in [3.05, 3.63) is 70.6 Å². The van der Waals surface area contributed by atoms with Crippen LogP contribution in [0.15, 0.2) is 48.8 Å². The van der Waals surface area contributed by atoms with Gasteiger partial charge in [0.15, 0.2) is 0 Å². The number of piperidine rings is 1. The molecule has 5 rings (SSSR count). The van der Waals surface area contributed by atoms with Crippen LogP contribution in [0.1, 0.15) is 36.2 Å². The first-order chi connectivity index (χ1) is 14.9. The van der Waals surface area contributed by atoms with Crippen LogP contribution in [-0.2, 0) is 22.9 Å². The number of benzene rings is 1. The summed E-state index contributed by atoms with van der Waals surface area (Å²) in [6.07, 6.45) is 10.5. The van der Waals surface area contributed by atoms with Gasteiger partial charge in [0.1, 0.15) is 0 Å². The Balaban J connectivity index is 1.40. The second-order valence-electron chi connectivity index (χ2n) is 8.64. The van der Waals surface area contributed by atoms with Gasteiger partial charge in [-0.1, -0.05) is 42.8 Å². The summed E-state index contributed by atoms with van der Waals surface area (Å²) in [5.41, 5.74) is 4.40. The largest absolute Gasteiger partial charge is 0.342 e. The van der Waals surface area contributed by atoms with Gasteiger partial charge in [-0.25, -0.2) is 8.42 Å². The van der Waals surface area contributed by atoms with Gasteiger partial charge in [0.25, 0.3) is 0 Å². The second kappa shape index (κ2) is 8.08. The van der Waals surface area contributed by atoms with Gasteiger partial charge in [-0.2, -0.15) is 4.31 Å². The van der Waals surface area contributed by atoms with E-state index in [1.54, 1.807) is 10.4 Å². The molecule has 0 bridgehead atoms. The smallest absolute Gasteiger partial charge is 0.214 e. The van der Waals surface area contributed by atoms with Crippen molar-refractivity contribution in [3.63, 3.8) is 0 Å². The lowest BCUT2D eigenvalue weighted by Crippen LogP contribution is -2.44. The minimum Gasteiger partial charge on any atom is -0.342 e. The molecule has 3 heterocycles. The Morgan fingerprint density at radius 1 is 1.26 bits per heavy atom. The number of allylic oxidation sites excluding steroid dienone is 1. The predicted molar refractivity (Wildman–Crippen MR) is 126 cm³/mol. The molecule has 1 aliphatic carbocycles. The molecule has 0 saturated carbocycles. The summed E-state index contributed by atoms with van der Waals surface area (Å²) < 4.78 is 30.3. The van der Waals surface area contributed by atoms with Crippen LogP contribution in [0.2, 0.25) is 5.02 Å². The Morgan fingerprint density at radius 3 is 2.97 bits per heavy atom. The summed E-state index contributed by atoms with van der Waals surface area (Å²) in [4.78, 5) is 4.59. The molecular weight excluding hydrogens is 430 g/mol. The first-order valence-corrected chi connectivity index (χ1v) is 12.8. The van der Waals surface area contributed by atoms with Gasteiger partial charge in [0, 0.05) is 47.9 Å². The van der Waals surface area contributed by atoms with Gasteiger partial charge in [0.2, 0.25) is 10.0 Å². The molecular formula is C24H26ClN3O2S. The van der Waals surface area contributed by atoms with Gasteiger partial charge in [-0.05, 0) is 42.5 Å². The number of rotatable bonds is 5. The quantitative estimate of drug-likeness (QED) is 0.559. The number of hydrogen-bond acceptors (Lipinski definition) is 3. The normalized spacial score (nSPS) is 21.6. The van der Waals surface area contributed by atoms with Crippen molar-refractivity contribution in [1.29, 1.82) is 0 Å². The van der Waals surface area contributed by atoms with Crippen LogP contribution in [0.3, 0.4) is 0 Å². The van der Waals surface area contributed by atoms with Crippen molar-refractivity contribution in [2.24, 2.45) is 5.92 Å². The lowest BCUT2D eigenvalue weighted by Gasteiger charge is -2.37. The number of halogens is 1. The molecule has 2 aromatic heterocycles. The van der Waals surface area contributed by atoms with E-state index in [1.165, 1.54) is 11.1 Å². The van der Waals surface area contributed by atoms with E-state index in [0.29, 0.717) is 30.5 Å². The zero-order valence-electron chi connectivity index (χ0n) is 17.5. The van der Waals surface area contributed by atoms with Crippen LogP contribution < -0.4 is 0 Å². The molecule has 0 unspecified atom stereocenters. The molecule has 1 fully saturated rings. The number of pyridine rings is 1. The maximum absolute atomic E-state index is 13.2. The van der Waals surface area contributed by atoms with Crippen molar-refractivity contribution in [2.45, 2.75) is 32.2 Å². The predicted octanol–water partition coefficient (Wildman–Crippen LogP) is 4.71. The molecule has 0 amide bonds. The van der Waals surface area contributed by atoms with Crippen molar-refractivity contribution in [2.75, 3.05) is 18.8 Å². The van der Waals surface area contributed by atoms with Crippen LogP contribution in [0.5, 0.6) is 0 Å². The average Bonchev–Trinajstić information content (AvgIpc) is 3.39. The number of sulfonamides is 1. The lowest BCUT2D eigenvalue weighted by atomic mass is 9.94. The molecule has 7 heteroatoms. The van der Waals surface area contributed by atoms with Crippen LogP contribution in [-0.4, -0.2) is 41.1 Å². The van der Waals surface area contributed by atoms with E-state index in [2.05, 4.69) is 40.9 Å². The van der Waals surface area contributed by atoms with Crippen molar-refractivity contribution in [3.8, 4) is 0 Å². The third kappa shape index (κ3) is 3.93. The molecule has 31 heavy (non-hydrogen) atoms. The van der Waals surface area contributed by atoms with E-state index in [4.69, 9.17) is 11.6 Å². The Hall–Kier alpha value is -2.15. The molecule has 2 atom stereocenters. The Morgan fingerprint density at radius 2 is 2.13 bits per heavy atom. The molecule has 2 aliphatic rings. The average molecular weight is 456 g/mol. The fraction of sp³-hybridized carbons (Fsp3) is 0.375. The van der Waals surface area contributed by atoms with Gasteiger partial charge in [-0.15, -0.1) is 0 Å². The first-order valence-electron chi connectivity index (χ1n) is 10.8. The number of fused-ring (bicyclic) bond motifs is 3. The first kappa shape index (κ1) is 20.7. The number of aryl methyl sites for hydroxylation is 1. The van der Waals surface area contributed by atoms with Crippen LogP contribution in [0.4, 0.5) is 0 Å². The van der Waals surface area contributed by atoms with Crippen LogP contribution in [0, 0.1) is 5.92 Å². The van der Waals surface area contributed by atoms with Crippen LogP contribution >= 0.6 is 11.6 Å². The van der Waals surface area contributed by atoms with Gasteiger partial charge in [-0.3, -0.25) is 4.98 Å². The topological polar surface area (TPSA) is 55.2 Å². The molecule has 0 radical (unpaired) electrons. The molecule has 1 aliphatic heterocycles. The van der Waals surface area contributed by atoms with E-state index < -0.39 is 10.0 Å². The summed E-state index contributed by atoms with van der Waals surface area (Å²) in [6, 6.07) is 9.63. The molecule has 5 nitrogen and oxygen atoms in total. The summed E-state index contributed by atoms with van der Waals surface area (Å²) in [7, 11) is -3.36.